The van der Waals surface area contributed by atoms with E-state index < -0.39 is 17.1 Å². The number of hydrogen-bond acceptors (Lipinski definition) is 9. The van der Waals surface area contributed by atoms with Gasteiger partial charge in [-0.05, 0) is 61.0 Å². The van der Waals surface area contributed by atoms with E-state index in [1.54, 1.807) is 55.6 Å². The van der Waals surface area contributed by atoms with Crippen LogP contribution in [-0.4, -0.2) is 48.9 Å². The lowest BCUT2D eigenvalue weighted by molar-refractivity contribution is -0.122. The largest absolute Gasteiger partial charge is 0.497 e. The normalized spacial score (nSPS) is 18.9. The Bertz CT molecular complexity index is 1810. The molecule has 2 aliphatic heterocycles. The second-order valence-electron chi connectivity index (χ2n) is 10.4. The van der Waals surface area contributed by atoms with E-state index in [1.807, 2.05) is 25.1 Å². The number of carbonyl (C=O) groups excluding carboxylic acids is 3. The number of benzene rings is 3. The zero-order valence-electron chi connectivity index (χ0n) is 24.4. The number of thiazole rings is 1. The van der Waals surface area contributed by atoms with Crippen LogP contribution in [0.5, 0.6) is 17.2 Å². The van der Waals surface area contributed by atoms with Crippen molar-refractivity contribution in [2.45, 2.75) is 29.7 Å². The molecule has 1 fully saturated rings. The van der Waals surface area contributed by atoms with Crippen molar-refractivity contribution < 1.29 is 28.6 Å². The van der Waals surface area contributed by atoms with Crippen LogP contribution in [-0.2, 0) is 20.9 Å². The van der Waals surface area contributed by atoms with Gasteiger partial charge in [-0.15, -0.1) is 0 Å². The summed E-state index contributed by atoms with van der Waals surface area (Å²) in [5, 5.41) is 2.51. The second-order valence-corrected chi connectivity index (χ2v) is 12.5. The fourth-order valence-electron chi connectivity index (χ4n) is 5.63. The number of carbonyl (C=O) groups is 3. The number of anilines is 2. The van der Waals surface area contributed by atoms with Crippen LogP contribution in [0.15, 0.2) is 76.6 Å². The molecule has 226 valence electrons. The van der Waals surface area contributed by atoms with E-state index in [0.717, 1.165) is 28.7 Å². The van der Waals surface area contributed by atoms with Crippen molar-refractivity contribution in [3.05, 3.63) is 92.4 Å². The van der Waals surface area contributed by atoms with E-state index >= 15 is 0 Å². The first-order valence-corrected chi connectivity index (χ1v) is 15.4. The van der Waals surface area contributed by atoms with Crippen LogP contribution in [0, 0.1) is 12.8 Å². The summed E-state index contributed by atoms with van der Waals surface area (Å²) in [6, 6.07) is 19.4. The first kappa shape index (κ1) is 29.5. The average Bonchev–Trinajstić information content (AvgIpc) is 3.47. The molecule has 4 aromatic rings. The first-order chi connectivity index (χ1) is 21.2. The Balaban J connectivity index is 1.43. The molecular weight excluding hydrogens is 603 g/mol. The molecule has 0 radical (unpaired) electrons. The summed E-state index contributed by atoms with van der Waals surface area (Å²) < 4.78 is 17.6. The zero-order chi connectivity index (χ0) is 31.1. The minimum atomic E-state index is -0.824. The molecule has 0 aliphatic carbocycles. The maximum Gasteiger partial charge on any atom is 0.308 e. The fourth-order valence-corrected chi connectivity index (χ4v) is 8.40. The van der Waals surface area contributed by atoms with Gasteiger partial charge in [-0.2, -0.15) is 0 Å². The molecule has 2 unspecified atom stereocenters. The lowest BCUT2D eigenvalue weighted by Gasteiger charge is -2.31. The molecule has 12 heteroatoms. The van der Waals surface area contributed by atoms with Crippen molar-refractivity contribution in [1.82, 2.24) is 4.57 Å². The summed E-state index contributed by atoms with van der Waals surface area (Å²) in [4.78, 5) is 56.1. The highest BCUT2D eigenvalue weighted by atomic mass is 32.2. The van der Waals surface area contributed by atoms with Gasteiger partial charge < -0.3 is 19.5 Å². The molecule has 0 bridgehead atoms. The molecule has 1 saturated heterocycles. The summed E-state index contributed by atoms with van der Waals surface area (Å²) in [7, 11) is 4.59. The number of nitrogens with one attached hydrogen (secondary N) is 1. The molecule has 0 spiro atoms. The number of methoxy groups -OCH3 is 3. The van der Waals surface area contributed by atoms with Gasteiger partial charge in [0.2, 0.25) is 17.7 Å². The molecule has 10 nitrogen and oxygen atoms in total. The van der Waals surface area contributed by atoms with Gasteiger partial charge in [0.25, 0.3) is 0 Å². The van der Waals surface area contributed by atoms with Gasteiger partial charge in [0.1, 0.15) is 17.5 Å². The molecule has 1 aromatic heterocycles. The predicted octanol–water partition coefficient (Wildman–Crippen LogP) is 4.68. The highest BCUT2D eigenvalue weighted by molar-refractivity contribution is 8.00. The quantitative estimate of drug-likeness (QED) is 0.279. The van der Waals surface area contributed by atoms with Crippen LogP contribution in [0.4, 0.5) is 11.4 Å². The molecule has 3 amide bonds. The third-order valence-electron chi connectivity index (χ3n) is 7.78. The van der Waals surface area contributed by atoms with Gasteiger partial charge in [-0.1, -0.05) is 46.9 Å². The molecule has 3 heterocycles. The molecule has 44 heavy (non-hydrogen) atoms. The Morgan fingerprint density at radius 3 is 2.23 bits per heavy atom. The molecule has 3 atom stereocenters. The molecule has 1 N–H and O–H groups in total. The monoisotopic (exact) mass is 631 g/mol. The van der Waals surface area contributed by atoms with Crippen molar-refractivity contribution in [1.29, 1.82) is 0 Å². The molecule has 6 rings (SSSR count). The van der Waals surface area contributed by atoms with E-state index in [4.69, 9.17) is 14.2 Å². The van der Waals surface area contributed by atoms with Crippen LogP contribution in [0.3, 0.4) is 0 Å². The Morgan fingerprint density at radius 1 is 0.864 bits per heavy atom. The summed E-state index contributed by atoms with van der Waals surface area (Å²) in [5.41, 5.74) is 2.78. The number of aromatic nitrogens is 1. The van der Waals surface area contributed by atoms with Crippen molar-refractivity contribution in [2.75, 3.05) is 31.5 Å². The minimum absolute atomic E-state index is 0.244. The van der Waals surface area contributed by atoms with E-state index in [2.05, 4.69) is 5.32 Å². The van der Waals surface area contributed by atoms with Gasteiger partial charge in [0, 0.05) is 16.5 Å². The van der Waals surface area contributed by atoms with E-state index in [0.29, 0.717) is 44.1 Å². The van der Waals surface area contributed by atoms with Gasteiger partial charge in [0.05, 0.1) is 38.0 Å². The summed E-state index contributed by atoms with van der Waals surface area (Å²) in [6.07, 6.45) is 0. The molecule has 2 aliphatic rings. The minimum Gasteiger partial charge on any atom is -0.497 e. The predicted molar refractivity (Wildman–Crippen MR) is 168 cm³/mol. The topological polar surface area (TPSA) is 116 Å². The smallest absolute Gasteiger partial charge is 0.308 e. The summed E-state index contributed by atoms with van der Waals surface area (Å²) in [6.45, 7) is 1.71. The van der Waals surface area contributed by atoms with Gasteiger partial charge in [0.15, 0.2) is 11.5 Å². The van der Waals surface area contributed by atoms with Crippen molar-refractivity contribution in [3.63, 3.8) is 0 Å². The highest BCUT2D eigenvalue weighted by Gasteiger charge is 2.57. The Kier molecular flexibility index (Phi) is 7.95. The average molecular weight is 632 g/mol. The maximum absolute atomic E-state index is 14.1. The maximum atomic E-state index is 14.1. The van der Waals surface area contributed by atoms with Crippen LogP contribution in [0.2, 0.25) is 0 Å². The second kappa shape index (κ2) is 11.9. The Hall–Kier alpha value is -4.55. The number of aryl methyl sites for hydroxylation is 1. The first-order valence-electron chi connectivity index (χ1n) is 13.7. The number of ether oxygens (including phenoxy) is 3. The number of rotatable bonds is 8. The Morgan fingerprint density at radius 2 is 1.57 bits per heavy atom. The number of hydrogen-bond donors (Lipinski definition) is 1. The van der Waals surface area contributed by atoms with Gasteiger partial charge in [-0.3, -0.25) is 23.7 Å². The van der Waals surface area contributed by atoms with Crippen LogP contribution in [0.25, 0.3) is 0 Å². The van der Waals surface area contributed by atoms with Gasteiger partial charge in [-0.25, -0.2) is 4.90 Å². The fraction of sp³-hybridized carbons (Fsp3) is 0.250. The van der Waals surface area contributed by atoms with Crippen LogP contribution < -0.4 is 29.3 Å². The van der Waals surface area contributed by atoms with Crippen molar-refractivity contribution >= 4 is 52.2 Å². The molecule has 0 saturated carbocycles. The number of thioether (sulfide) groups is 1. The van der Waals surface area contributed by atoms with Crippen molar-refractivity contribution in [3.8, 4) is 17.2 Å². The van der Waals surface area contributed by atoms with E-state index in [-0.39, 0.29) is 29.1 Å². The highest BCUT2D eigenvalue weighted by Crippen LogP contribution is 2.54. The number of imide groups is 1. The Labute approximate surface area is 261 Å². The van der Waals surface area contributed by atoms with E-state index in [1.165, 1.54) is 23.7 Å². The molecular formula is C32H29N3O7S2. The number of nitrogens with zero attached hydrogens (tertiary/aromatic N) is 2. The lowest BCUT2D eigenvalue weighted by atomic mass is 9.83. The summed E-state index contributed by atoms with van der Waals surface area (Å²) in [5.74, 6) is -1.02. The zero-order valence-corrected chi connectivity index (χ0v) is 26.0. The third-order valence-corrected chi connectivity index (χ3v) is 10.4. The van der Waals surface area contributed by atoms with Crippen molar-refractivity contribution in [2.24, 2.45) is 5.92 Å². The van der Waals surface area contributed by atoms with Crippen LogP contribution in [0.1, 0.15) is 21.9 Å². The van der Waals surface area contributed by atoms with E-state index in [9.17, 15) is 19.2 Å². The van der Waals surface area contributed by atoms with Crippen LogP contribution >= 0.6 is 23.1 Å². The lowest BCUT2D eigenvalue weighted by Crippen LogP contribution is -2.33. The number of fused-ring (bicyclic) bond motifs is 2. The SMILES string of the molecule is COc1ccc(N2C(=O)C3Sc4c(sc(=O)n4CC(=O)Nc4ccc(C)cc4)[C@H](c4ccc(OC)c(OC)c4)C3C2=O)cc1. The number of amides is 3. The standard InChI is InChI=1S/C32H29N3O7S2/c1-17-5-8-19(9-6-17)33-24(36)16-34-31-28(44-32(34)39)25(18-7-14-22(41-3)23(15-18)42-4)26-27(43-31)30(38)35(29(26)37)20-10-12-21(40-2)13-11-20/h5-15,25-27H,16H2,1-4H3,(H,33,36)/t25-,26?,27?/m1/s1. The third kappa shape index (κ3) is 5.13. The summed E-state index contributed by atoms with van der Waals surface area (Å²) >= 11 is 2.14. The molecule has 3 aromatic carbocycles. The van der Waals surface area contributed by atoms with Gasteiger partial charge >= 0.3 is 4.87 Å².